The molecule has 0 aromatic heterocycles. The fourth-order valence-corrected chi connectivity index (χ4v) is 2.98. The van der Waals surface area contributed by atoms with Crippen molar-refractivity contribution >= 4 is 11.7 Å². The molecule has 0 saturated carbocycles. The second kappa shape index (κ2) is 8.91. The summed E-state index contributed by atoms with van der Waals surface area (Å²) < 4.78 is 78.1. The molecule has 1 aliphatic heterocycles. The minimum Gasteiger partial charge on any atom is -0.376 e. The highest BCUT2D eigenvalue weighted by Gasteiger charge is 2.41. The zero-order valence-electron chi connectivity index (χ0n) is 14.5. The molecule has 1 amide bonds. The highest BCUT2D eigenvalue weighted by Crippen LogP contribution is 2.27. The highest BCUT2D eigenvalue weighted by molar-refractivity contribution is 5.99. The first-order valence-corrected chi connectivity index (χ1v) is 8.40. The second-order valence-corrected chi connectivity index (χ2v) is 6.48. The Kier molecular flexibility index (Phi) is 7.05. The summed E-state index contributed by atoms with van der Waals surface area (Å²) in [6.07, 6.45) is -9.10. The lowest BCUT2D eigenvalue weighted by atomic mass is 10.0. The summed E-state index contributed by atoms with van der Waals surface area (Å²) in [7, 11) is 0. The van der Waals surface area contributed by atoms with Gasteiger partial charge in [-0.3, -0.25) is 14.9 Å². The molecule has 2 unspecified atom stereocenters. The predicted molar refractivity (Wildman–Crippen MR) is 84.4 cm³/mol. The molecular formula is C17H18F6N2O3. The molecule has 1 fully saturated rings. The Morgan fingerprint density at radius 3 is 2.43 bits per heavy atom. The number of rotatable bonds is 5. The Hall–Kier alpha value is -2.14. The number of aliphatic hydroxyl groups is 1. The maximum Gasteiger partial charge on any atom is 0.391 e. The number of Topliss-reactive ketones (excluding diaryl/α,β-unsaturated/α-hetero) is 1. The van der Waals surface area contributed by atoms with Gasteiger partial charge in [-0.1, -0.05) is 0 Å². The van der Waals surface area contributed by atoms with Crippen LogP contribution in [0.5, 0.6) is 0 Å². The van der Waals surface area contributed by atoms with E-state index in [-0.39, 0.29) is 25.6 Å². The quantitative estimate of drug-likeness (QED) is 0.442. The molecule has 0 bridgehead atoms. The lowest BCUT2D eigenvalue weighted by Crippen LogP contribution is -2.52. The van der Waals surface area contributed by atoms with E-state index in [0.29, 0.717) is 6.07 Å². The van der Waals surface area contributed by atoms with Crippen LogP contribution in [0, 0.1) is 17.5 Å². The maximum absolute atomic E-state index is 13.6. The van der Waals surface area contributed by atoms with E-state index in [1.54, 1.807) is 0 Å². The Morgan fingerprint density at radius 2 is 1.79 bits per heavy atom. The van der Waals surface area contributed by atoms with Crippen molar-refractivity contribution in [3.63, 3.8) is 0 Å². The van der Waals surface area contributed by atoms with E-state index in [2.05, 4.69) is 5.32 Å². The Bertz CT molecular complexity index is 740. The van der Waals surface area contributed by atoms with Crippen LogP contribution in [0.25, 0.3) is 0 Å². The smallest absolute Gasteiger partial charge is 0.376 e. The number of carbonyl (C=O) groups excluding carboxylic acids is 2. The Labute approximate surface area is 156 Å². The van der Waals surface area contributed by atoms with Gasteiger partial charge in [-0.05, 0) is 24.6 Å². The second-order valence-electron chi connectivity index (χ2n) is 6.48. The van der Waals surface area contributed by atoms with Crippen LogP contribution < -0.4 is 5.32 Å². The number of carbonyl (C=O) groups is 2. The number of amides is 1. The molecule has 2 N–H and O–H groups in total. The molecule has 156 valence electrons. The van der Waals surface area contributed by atoms with Crippen molar-refractivity contribution in [2.45, 2.75) is 44.1 Å². The van der Waals surface area contributed by atoms with Gasteiger partial charge in [0.15, 0.2) is 11.6 Å². The first kappa shape index (κ1) is 22.2. The average molecular weight is 412 g/mol. The summed E-state index contributed by atoms with van der Waals surface area (Å²) in [4.78, 5) is 25.2. The molecule has 11 heteroatoms. The summed E-state index contributed by atoms with van der Waals surface area (Å²) >= 11 is 0. The number of nitrogens with one attached hydrogen (secondary N) is 1. The van der Waals surface area contributed by atoms with Gasteiger partial charge >= 0.3 is 6.18 Å². The van der Waals surface area contributed by atoms with Gasteiger partial charge < -0.3 is 10.0 Å². The maximum atomic E-state index is 13.6. The van der Waals surface area contributed by atoms with Crippen molar-refractivity contribution in [2.75, 3.05) is 13.1 Å². The van der Waals surface area contributed by atoms with E-state index in [1.807, 2.05) is 0 Å². The fourth-order valence-electron chi connectivity index (χ4n) is 2.98. The summed E-state index contributed by atoms with van der Waals surface area (Å²) in [5.41, 5.74) is -0.471. The standard InChI is InChI=1S/C17H18F6N2O3/c18-11-7-13(20)12(19)5-9(11)4-10(26)6-15(27)25-3-1-2-24-16(28)14(25)8-17(21,22)23/h5,7,14,16,24,28H,1-4,6,8H2. The summed E-state index contributed by atoms with van der Waals surface area (Å²) in [6.45, 7) is 0.0593. The van der Waals surface area contributed by atoms with E-state index in [1.165, 1.54) is 0 Å². The molecule has 1 heterocycles. The Balaban J connectivity index is 2.10. The predicted octanol–water partition coefficient (Wildman–Crippen LogP) is 2.07. The number of nitrogens with zero attached hydrogens (tertiary/aromatic N) is 1. The zero-order chi connectivity index (χ0) is 21.1. The molecule has 28 heavy (non-hydrogen) atoms. The molecular weight excluding hydrogens is 394 g/mol. The largest absolute Gasteiger partial charge is 0.391 e. The number of aliphatic hydroxyl groups excluding tert-OH is 1. The van der Waals surface area contributed by atoms with Crippen LogP contribution in [0.15, 0.2) is 12.1 Å². The van der Waals surface area contributed by atoms with E-state index in [0.717, 1.165) is 4.90 Å². The molecule has 0 radical (unpaired) electrons. The molecule has 2 rings (SSSR count). The summed E-state index contributed by atoms with van der Waals surface area (Å²) in [5.74, 6) is -5.84. The van der Waals surface area contributed by atoms with Crippen LogP contribution in [0.3, 0.4) is 0 Å². The molecule has 5 nitrogen and oxygen atoms in total. The number of hydrogen-bond donors (Lipinski definition) is 2. The molecule has 0 aliphatic carbocycles. The van der Waals surface area contributed by atoms with Gasteiger partial charge in [-0.25, -0.2) is 13.2 Å². The van der Waals surface area contributed by atoms with E-state index < -0.39 is 72.4 Å². The minimum absolute atomic E-state index is 0.115. The van der Waals surface area contributed by atoms with Crippen molar-refractivity contribution in [3.05, 3.63) is 35.1 Å². The van der Waals surface area contributed by atoms with Crippen LogP contribution in [0.1, 0.15) is 24.8 Å². The number of alkyl halides is 3. The third-order valence-electron chi connectivity index (χ3n) is 4.28. The topological polar surface area (TPSA) is 69.6 Å². The van der Waals surface area contributed by atoms with Gasteiger partial charge in [0.05, 0.1) is 18.9 Å². The first-order valence-electron chi connectivity index (χ1n) is 8.40. The van der Waals surface area contributed by atoms with Crippen LogP contribution in [-0.4, -0.2) is 53.2 Å². The highest BCUT2D eigenvalue weighted by atomic mass is 19.4. The summed E-state index contributed by atoms with van der Waals surface area (Å²) in [6, 6.07) is -0.877. The molecule has 0 spiro atoms. The van der Waals surface area contributed by atoms with E-state index in [4.69, 9.17) is 0 Å². The van der Waals surface area contributed by atoms with Crippen LogP contribution in [0.4, 0.5) is 26.3 Å². The molecule has 1 saturated heterocycles. The molecule has 2 atom stereocenters. The average Bonchev–Trinajstić information content (AvgIpc) is 2.73. The lowest BCUT2D eigenvalue weighted by Gasteiger charge is -2.33. The van der Waals surface area contributed by atoms with E-state index in [9.17, 15) is 41.0 Å². The van der Waals surface area contributed by atoms with Crippen molar-refractivity contribution < 1.29 is 41.0 Å². The van der Waals surface area contributed by atoms with Crippen molar-refractivity contribution in [3.8, 4) is 0 Å². The number of ketones is 1. The van der Waals surface area contributed by atoms with Crippen molar-refractivity contribution in [2.24, 2.45) is 0 Å². The third-order valence-corrected chi connectivity index (χ3v) is 4.28. The van der Waals surface area contributed by atoms with Gasteiger partial charge in [-0.15, -0.1) is 0 Å². The molecule has 1 aromatic carbocycles. The van der Waals surface area contributed by atoms with Gasteiger partial charge in [0.2, 0.25) is 5.91 Å². The van der Waals surface area contributed by atoms with Crippen molar-refractivity contribution in [1.82, 2.24) is 10.2 Å². The number of benzene rings is 1. The van der Waals surface area contributed by atoms with Gasteiger partial charge in [-0.2, -0.15) is 13.2 Å². The van der Waals surface area contributed by atoms with Crippen LogP contribution in [-0.2, 0) is 16.0 Å². The third kappa shape index (κ3) is 5.93. The molecule has 1 aliphatic rings. The summed E-state index contributed by atoms with van der Waals surface area (Å²) in [5, 5.41) is 12.3. The van der Waals surface area contributed by atoms with Gasteiger partial charge in [0.1, 0.15) is 17.8 Å². The normalized spacial score (nSPS) is 20.8. The van der Waals surface area contributed by atoms with Gasteiger partial charge in [0.25, 0.3) is 0 Å². The minimum atomic E-state index is -4.66. The SMILES string of the molecule is O=C(CC(=O)N1CCCNC(O)C1CC(F)(F)F)Cc1cc(F)c(F)cc1F. The van der Waals surface area contributed by atoms with E-state index >= 15 is 0 Å². The Morgan fingerprint density at radius 1 is 1.14 bits per heavy atom. The first-order chi connectivity index (χ1) is 13.0. The number of hydrogen-bond acceptors (Lipinski definition) is 4. The molecule has 1 aromatic rings. The van der Waals surface area contributed by atoms with Crippen LogP contribution >= 0.6 is 0 Å². The van der Waals surface area contributed by atoms with Crippen LogP contribution in [0.2, 0.25) is 0 Å². The fraction of sp³-hybridized carbons (Fsp3) is 0.529. The van der Waals surface area contributed by atoms with Crippen molar-refractivity contribution in [1.29, 1.82) is 0 Å². The monoisotopic (exact) mass is 412 g/mol. The lowest BCUT2D eigenvalue weighted by molar-refractivity contribution is -0.164. The zero-order valence-corrected chi connectivity index (χ0v) is 14.5. The number of halogens is 6. The van der Waals surface area contributed by atoms with Gasteiger partial charge in [0, 0.05) is 19.0 Å².